The molecule has 142 valence electrons. The van der Waals surface area contributed by atoms with Crippen LogP contribution in [0.3, 0.4) is 0 Å². The summed E-state index contributed by atoms with van der Waals surface area (Å²) in [5, 5.41) is 3.49. The van der Waals surface area contributed by atoms with Gasteiger partial charge in [-0.25, -0.2) is 9.97 Å². The molecular formula is C21H20N4O2S. The number of hydrogen-bond acceptors (Lipinski definition) is 5. The van der Waals surface area contributed by atoms with Crippen molar-refractivity contribution in [2.24, 2.45) is 0 Å². The lowest BCUT2D eigenvalue weighted by molar-refractivity contribution is -0.115. The quantitative estimate of drug-likeness (QED) is 0.551. The van der Waals surface area contributed by atoms with E-state index >= 15 is 0 Å². The van der Waals surface area contributed by atoms with Crippen molar-refractivity contribution in [2.75, 3.05) is 12.4 Å². The van der Waals surface area contributed by atoms with E-state index in [4.69, 9.17) is 4.74 Å². The Morgan fingerprint density at radius 1 is 1.18 bits per heavy atom. The maximum absolute atomic E-state index is 12.5. The van der Waals surface area contributed by atoms with Crippen molar-refractivity contribution in [1.29, 1.82) is 0 Å². The van der Waals surface area contributed by atoms with Gasteiger partial charge in [0.1, 0.15) is 11.4 Å². The van der Waals surface area contributed by atoms with E-state index in [1.807, 2.05) is 67.0 Å². The third kappa shape index (κ3) is 3.61. The van der Waals surface area contributed by atoms with Crippen molar-refractivity contribution in [3.8, 4) is 17.0 Å². The van der Waals surface area contributed by atoms with Crippen LogP contribution < -0.4 is 10.1 Å². The van der Waals surface area contributed by atoms with E-state index in [9.17, 15) is 4.79 Å². The van der Waals surface area contributed by atoms with Gasteiger partial charge in [-0.05, 0) is 49.7 Å². The molecule has 1 N–H and O–H groups in total. The fourth-order valence-corrected chi connectivity index (χ4v) is 3.94. The summed E-state index contributed by atoms with van der Waals surface area (Å²) in [6.45, 7) is 4.00. The molecule has 0 aliphatic carbocycles. The number of pyridine rings is 1. The Morgan fingerprint density at radius 2 is 1.96 bits per heavy atom. The number of amides is 1. The van der Waals surface area contributed by atoms with Gasteiger partial charge in [0.15, 0.2) is 5.13 Å². The number of carbonyl (C=O) groups excluding carboxylic acids is 1. The number of imidazole rings is 1. The summed E-state index contributed by atoms with van der Waals surface area (Å²) in [6, 6.07) is 11.7. The second-order valence-corrected chi connectivity index (χ2v) is 7.73. The fraction of sp³-hybridized carbons (Fsp3) is 0.190. The van der Waals surface area contributed by atoms with E-state index in [1.54, 1.807) is 7.11 Å². The molecule has 4 rings (SSSR count). The van der Waals surface area contributed by atoms with Gasteiger partial charge in [-0.2, -0.15) is 0 Å². The predicted octanol–water partition coefficient (Wildman–Crippen LogP) is 4.26. The number of rotatable bonds is 5. The van der Waals surface area contributed by atoms with Gasteiger partial charge in [0.25, 0.3) is 0 Å². The van der Waals surface area contributed by atoms with Crippen LogP contribution in [-0.4, -0.2) is 27.4 Å². The molecule has 4 aromatic rings. The van der Waals surface area contributed by atoms with Crippen LogP contribution in [0.15, 0.2) is 48.8 Å². The number of hydrogen-bond donors (Lipinski definition) is 1. The molecular weight excluding hydrogens is 372 g/mol. The Kier molecular flexibility index (Phi) is 4.83. The van der Waals surface area contributed by atoms with Crippen LogP contribution >= 0.6 is 11.3 Å². The first-order valence-corrected chi connectivity index (χ1v) is 9.70. The molecule has 1 amide bonds. The van der Waals surface area contributed by atoms with Crippen molar-refractivity contribution in [1.82, 2.24) is 14.4 Å². The molecule has 0 atom stereocenters. The molecule has 0 saturated heterocycles. The minimum Gasteiger partial charge on any atom is -0.497 e. The molecule has 0 spiro atoms. The minimum absolute atomic E-state index is 0.129. The van der Waals surface area contributed by atoms with Crippen LogP contribution in [0.5, 0.6) is 5.75 Å². The fourth-order valence-electron chi connectivity index (χ4n) is 3.08. The van der Waals surface area contributed by atoms with E-state index in [-0.39, 0.29) is 12.3 Å². The molecule has 3 heterocycles. The van der Waals surface area contributed by atoms with Crippen LogP contribution in [0.4, 0.5) is 5.13 Å². The normalized spacial score (nSPS) is 11.0. The van der Waals surface area contributed by atoms with Crippen molar-refractivity contribution < 1.29 is 9.53 Å². The van der Waals surface area contributed by atoms with Gasteiger partial charge in [0, 0.05) is 22.8 Å². The molecule has 0 bridgehead atoms. The zero-order chi connectivity index (χ0) is 19.7. The average Bonchev–Trinajstić information content (AvgIpc) is 3.25. The minimum atomic E-state index is -0.129. The number of fused-ring (bicyclic) bond motifs is 1. The lowest BCUT2D eigenvalue weighted by Crippen LogP contribution is -2.14. The van der Waals surface area contributed by atoms with Gasteiger partial charge in [0.05, 0.1) is 24.9 Å². The molecule has 3 aromatic heterocycles. The van der Waals surface area contributed by atoms with Crippen LogP contribution in [0.25, 0.3) is 16.9 Å². The van der Waals surface area contributed by atoms with Crippen molar-refractivity contribution >= 4 is 28.0 Å². The average molecular weight is 392 g/mol. The standard InChI is InChI=1S/C21H20N4O2S/c1-13-5-4-10-25-12-16(22-20(13)25)11-18(26)23-21-24-19(14(2)28-21)15-6-8-17(27-3)9-7-15/h4-10,12H,11H2,1-3H3,(H,23,24,26). The van der Waals surface area contributed by atoms with E-state index in [0.717, 1.165) is 38.8 Å². The number of carbonyl (C=O) groups is 1. The summed E-state index contributed by atoms with van der Waals surface area (Å²) in [4.78, 5) is 22.7. The largest absolute Gasteiger partial charge is 0.497 e. The molecule has 1 aromatic carbocycles. The van der Waals surface area contributed by atoms with Crippen molar-refractivity contribution in [3.63, 3.8) is 0 Å². The molecule has 0 unspecified atom stereocenters. The summed E-state index contributed by atoms with van der Waals surface area (Å²) in [7, 11) is 1.64. The number of benzene rings is 1. The van der Waals surface area contributed by atoms with Crippen LogP contribution in [-0.2, 0) is 11.2 Å². The number of anilines is 1. The van der Waals surface area contributed by atoms with E-state index < -0.39 is 0 Å². The summed E-state index contributed by atoms with van der Waals surface area (Å²) in [5.74, 6) is 0.670. The number of aromatic nitrogens is 3. The Balaban J connectivity index is 1.49. The van der Waals surface area contributed by atoms with Crippen LogP contribution in [0.1, 0.15) is 16.1 Å². The Hall–Kier alpha value is -3.19. The smallest absolute Gasteiger partial charge is 0.232 e. The number of thiazole rings is 1. The van der Waals surface area contributed by atoms with E-state index in [1.165, 1.54) is 11.3 Å². The van der Waals surface area contributed by atoms with Gasteiger partial charge in [-0.15, -0.1) is 11.3 Å². The van der Waals surface area contributed by atoms with Gasteiger partial charge < -0.3 is 14.5 Å². The summed E-state index contributed by atoms with van der Waals surface area (Å²) in [6.07, 6.45) is 4.03. The topological polar surface area (TPSA) is 68.5 Å². The summed E-state index contributed by atoms with van der Waals surface area (Å²) >= 11 is 1.47. The molecule has 7 heteroatoms. The third-order valence-electron chi connectivity index (χ3n) is 4.48. The highest BCUT2D eigenvalue weighted by atomic mass is 32.1. The SMILES string of the molecule is COc1ccc(-c2nc(NC(=O)Cc3cn4cccc(C)c4n3)sc2C)cc1. The lowest BCUT2D eigenvalue weighted by Gasteiger charge is -2.02. The zero-order valence-corrected chi connectivity index (χ0v) is 16.7. The van der Waals surface area contributed by atoms with Crippen LogP contribution in [0, 0.1) is 13.8 Å². The van der Waals surface area contributed by atoms with Gasteiger partial charge in [0.2, 0.25) is 5.91 Å². The number of methoxy groups -OCH3 is 1. The molecule has 6 nitrogen and oxygen atoms in total. The highest BCUT2D eigenvalue weighted by molar-refractivity contribution is 7.16. The lowest BCUT2D eigenvalue weighted by atomic mass is 10.1. The molecule has 0 fully saturated rings. The molecule has 0 radical (unpaired) electrons. The van der Waals surface area contributed by atoms with Crippen molar-refractivity contribution in [3.05, 3.63) is 64.9 Å². The predicted molar refractivity (Wildman–Crippen MR) is 111 cm³/mol. The number of nitrogens with zero attached hydrogens (tertiary/aromatic N) is 3. The first kappa shape index (κ1) is 18.2. The Bertz CT molecular complexity index is 1150. The van der Waals surface area contributed by atoms with E-state index in [0.29, 0.717) is 5.13 Å². The molecule has 0 aliphatic heterocycles. The molecule has 28 heavy (non-hydrogen) atoms. The highest BCUT2D eigenvalue weighted by Gasteiger charge is 2.14. The third-order valence-corrected chi connectivity index (χ3v) is 5.36. The van der Waals surface area contributed by atoms with E-state index in [2.05, 4.69) is 15.3 Å². The Morgan fingerprint density at radius 3 is 2.68 bits per heavy atom. The van der Waals surface area contributed by atoms with Crippen molar-refractivity contribution in [2.45, 2.75) is 20.3 Å². The summed E-state index contributed by atoms with van der Waals surface area (Å²) < 4.78 is 7.13. The first-order chi connectivity index (χ1) is 13.5. The maximum atomic E-state index is 12.5. The van der Waals surface area contributed by atoms with Gasteiger partial charge in [-0.3, -0.25) is 4.79 Å². The highest BCUT2D eigenvalue weighted by Crippen LogP contribution is 2.31. The number of aryl methyl sites for hydroxylation is 2. The maximum Gasteiger partial charge on any atom is 0.232 e. The number of ether oxygens (including phenoxy) is 1. The first-order valence-electron chi connectivity index (χ1n) is 8.88. The monoisotopic (exact) mass is 392 g/mol. The summed E-state index contributed by atoms with van der Waals surface area (Å²) in [5.41, 5.74) is 4.54. The molecule has 0 saturated carbocycles. The Labute approximate surface area is 166 Å². The second-order valence-electron chi connectivity index (χ2n) is 6.53. The zero-order valence-electron chi connectivity index (χ0n) is 15.9. The second kappa shape index (κ2) is 7.44. The molecule has 0 aliphatic rings. The van der Waals surface area contributed by atoms with Gasteiger partial charge >= 0.3 is 0 Å². The number of nitrogens with one attached hydrogen (secondary N) is 1. The van der Waals surface area contributed by atoms with Crippen LogP contribution in [0.2, 0.25) is 0 Å². The van der Waals surface area contributed by atoms with Gasteiger partial charge in [-0.1, -0.05) is 6.07 Å².